The Morgan fingerprint density at radius 1 is 1.25 bits per heavy atom. The van der Waals surface area contributed by atoms with Crippen LogP contribution in [-0.4, -0.2) is 18.8 Å². The van der Waals surface area contributed by atoms with Crippen molar-refractivity contribution in [3.63, 3.8) is 0 Å². The van der Waals surface area contributed by atoms with E-state index in [-0.39, 0.29) is 5.41 Å². The average Bonchev–Trinajstić information content (AvgIpc) is 2.91. The molecule has 1 aromatic carbocycles. The molecule has 1 aliphatic carbocycles. The second-order valence-corrected chi connectivity index (χ2v) is 6.99. The van der Waals surface area contributed by atoms with Crippen molar-refractivity contribution in [3.8, 4) is 0 Å². The molecule has 2 fully saturated rings. The molecule has 2 heteroatoms. The van der Waals surface area contributed by atoms with Gasteiger partial charge in [0.1, 0.15) is 0 Å². The van der Waals surface area contributed by atoms with Gasteiger partial charge in [0.05, 0.1) is 6.10 Å². The maximum absolute atomic E-state index is 5.86. The molecule has 2 aliphatic rings. The maximum Gasteiger partial charge on any atom is 0.0694 e. The summed E-state index contributed by atoms with van der Waals surface area (Å²) in [7, 11) is 0. The standard InChI is InChI=1S/C18H27NO/c1-4-5-6-13-7-9-14(10-8-13)19-16-15-11-12-20-17(15)18(16,2)3/h7-10,15-17,19H,4-6,11-12H2,1-3H3. The molecule has 3 atom stereocenters. The largest absolute Gasteiger partial charge is 0.381 e. The highest BCUT2D eigenvalue weighted by Gasteiger charge is 2.59. The third-order valence-corrected chi connectivity index (χ3v) is 5.20. The van der Waals surface area contributed by atoms with Gasteiger partial charge in [-0.1, -0.05) is 39.3 Å². The normalized spacial score (nSPS) is 30.6. The molecule has 0 amide bonds. The zero-order valence-electron chi connectivity index (χ0n) is 13.0. The Balaban J connectivity index is 1.63. The molecule has 1 aromatic rings. The molecular weight excluding hydrogens is 246 g/mol. The number of ether oxygens (including phenoxy) is 1. The van der Waals surface area contributed by atoms with E-state index in [1.807, 2.05) is 0 Å². The van der Waals surface area contributed by atoms with Crippen molar-refractivity contribution in [1.29, 1.82) is 0 Å². The second kappa shape index (κ2) is 5.40. The number of anilines is 1. The number of benzene rings is 1. The van der Waals surface area contributed by atoms with Crippen LogP contribution >= 0.6 is 0 Å². The molecule has 1 saturated carbocycles. The quantitative estimate of drug-likeness (QED) is 0.865. The Labute approximate surface area is 122 Å². The van der Waals surface area contributed by atoms with Crippen LogP contribution in [0.1, 0.15) is 45.6 Å². The van der Waals surface area contributed by atoms with Crippen LogP contribution in [0.2, 0.25) is 0 Å². The molecule has 110 valence electrons. The third kappa shape index (κ3) is 2.35. The van der Waals surface area contributed by atoms with Gasteiger partial charge in [0.15, 0.2) is 0 Å². The van der Waals surface area contributed by atoms with E-state index >= 15 is 0 Å². The van der Waals surface area contributed by atoms with Gasteiger partial charge in [-0.15, -0.1) is 0 Å². The van der Waals surface area contributed by atoms with Crippen LogP contribution in [0.3, 0.4) is 0 Å². The van der Waals surface area contributed by atoms with Crippen LogP contribution in [-0.2, 0) is 11.2 Å². The summed E-state index contributed by atoms with van der Waals surface area (Å²) in [4.78, 5) is 0. The summed E-state index contributed by atoms with van der Waals surface area (Å²) in [6, 6.07) is 9.57. The van der Waals surface area contributed by atoms with Gasteiger partial charge in [-0.25, -0.2) is 0 Å². The van der Waals surface area contributed by atoms with E-state index < -0.39 is 0 Å². The molecule has 0 bridgehead atoms. The number of hydrogen-bond acceptors (Lipinski definition) is 2. The molecule has 0 radical (unpaired) electrons. The second-order valence-electron chi connectivity index (χ2n) is 6.99. The van der Waals surface area contributed by atoms with E-state index in [9.17, 15) is 0 Å². The Morgan fingerprint density at radius 3 is 2.70 bits per heavy atom. The molecule has 0 aromatic heterocycles. The third-order valence-electron chi connectivity index (χ3n) is 5.20. The Hall–Kier alpha value is -1.02. The van der Waals surface area contributed by atoms with Gasteiger partial charge in [-0.2, -0.15) is 0 Å². The van der Waals surface area contributed by atoms with E-state index in [0.717, 1.165) is 6.61 Å². The van der Waals surface area contributed by atoms with Gasteiger partial charge < -0.3 is 10.1 Å². The van der Waals surface area contributed by atoms with Gasteiger partial charge in [0.25, 0.3) is 0 Å². The summed E-state index contributed by atoms with van der Waals surface area (Å²) in [5.74, 6) is 0.699. The smallest absolute Gasteiger partial charge is 0.0694 e. The fourth-order valence-electron chi connectivity index (χ4n) is 3.95. The summed E-state index contributed by atoms with van der Waals surface area (Å²) in [6.45, 7) is 7.83. The molecule has 3 rings (SSSR count). The number of aryl methyl sites for hydroxylation is 1. The van der Waals surface area contributed by atoms with E-state index in [0.29, 0.717) is 18.1 Å². The van der Waals surface area contributed by atoms with Crippen LogP contribution in [0.5, 0.6) is 0 Å². The van der Waals surface area contributed by atoms with Crippen LogP contribution in [0.4, 0.5) is 5.69 Å². The van der Waals surface area contributed by atoms with Crippen LogP contribution < -0.4 is 5.32 Å². The number of rotatable bonds is 5. The maximum atomic E-state index is 5.86. The number of nitrogens with one attached hydrogen (secondary N) is 1. The Kier molecular flexibility index (Phi) is 3.76. The predicted molar refractivity (Wildman–Crippen MR) is 84.1 cm³/mol. The summed E-state index contributed by atoms with van der Waals surface area (Å²) in [5, 5.41) is 3.74. The molecule has 20 heavy (non-hydrogen) atoms. The summed E-state index contributed by atoms with van der Waals surface area (Å²) in [6.07, 6.45) is 5.41. The molecule has 1 N–H and O–H groups in total. The van der Waals surface area contributed by atoms with Gasteiger partial charge in [0.2, 0.25) is 0 Å². The molecule has 3 unspecified atom stereocenters. The Bertz CT molecular complexity index is 451. The van der Waals surface area contributed by atoms with Crippen molar-refractivity contribution < 1.29 is 4.74 Å². The highest BCUT2D eigenvalue weighted by Crippen LogP contribution is 2.53. The minimum Gasteiger partial charge on any atom is -0.381 e. The average molecular weight is 273 g/mol. The van der Waals surface area contributed by atoms with Crippen LogP contribution in [0.25, 0.3) is 0 Å². The first-order chi connectivity index (χ1) is 9.63. The minimum atomic E-state index is 0.252. The van der Waals surface area contributed by atoms with Crippen molar-refractivity contribution in [1.82, 2.24) is 0 Å². The first-order valence-electron chi connectivity index (χ1n) is 8.10. The highest BCUT2D eigenvalue weighted by molar-refractivity contribution is 5.47. The lowest BCUT2D eigenvalue weighted by atomic mass is 9.57. The molecule has 1 saturated heterocycles. The van der Waals surface area contributed by atoms with Gasteiger partial charge in [0, 0.05) is 29.7 Å². The van der Waals surface area contributed by atoms with Crippen molar-refractivity contribution in [2.75, 3.05) is 11.9 Å². The van der Waals surface area contributed by atoms with Crippen molar-refractivity contribution >= 4 is 5.69 Å². The predicted octanol–water partition coefficient (Wildman–Crippen LogP) is 4.25. The number of hydrogen-bond donors (Lipinski definition) is 1. The topological polar surface area (TPSA) is 21.3 Å². The van der Waals surface area contributed by atoms with Crippen LogP contribution in [0, 0.1) is 11.3 Å². The van der Waals surface area contributed by atoms with Crippen molar-refractivity contribution in [2.45, 2.75) is 58.6 Å². The van der Waals surface area contributed by atoms with Crippen molar-refractivity contribution in [3.05, 3.63) is 29.8 Å². The summed E-state index contributed by atoms with van der Waals surface area (Å²) in [5.41, 5.74) is 2.96. The first kappa shape index (κ1) is 13.9. The van der Waals surface area contributed by atoms with Gasteiger partial charge >= 0.3 is 0 Å². The first-order valence-corrected chi connectivity index (χ1v) is 8.10. The van der Waals surface area contributed by atoms with Crippen LogP contribution in [0.15, 0.2) is 24.3 Å². The Morgan fingerprint density at radius 2 is 2.00 bits per heavy atom. The van der Waals surface area contributed by atoms with E-state index in [4.69, 9.17) is 4.74 Å². The lowest BCUT2D eigenvalue weighted by molar-refractivity contribution is -0.0923. The minimum absolute atomic E-state index is 0.252. The fourth-order valence-corrected chi connectivity index (χ4v) is 3.95. The zero-order valence-corrected chi connectivity index (χ0v) is 13.0. The van der Waals surface area contributed by atoms with E-state index in [1.165, 1.54) is 36.9 Å². The van der Waals surface area contributed by atoms with E-state index in [2.05, 4.69) is 50.4 Å². The SMILES string of the molecule is CCCCc1ccc(NC2C3CCOC3C2(C)C)cc1. The zero-order chi connectivity index (χ0) is 14.2. The number of unbranched alkanes of at least 4 members (excludes halogenated alkanes) is 1. The molecule has 2 nitrogen and oxygen atoms in total. The lowest BCUT2D eigenvalue weighted by Crippen LogP contribution is -2.63. The highest BCUT2D eigenvalue weighted by atomic mass is 16.5. The fraction of sp³-hybridized carbons (Fsp3) is 0.667. The molecular formula is C18H27NO. The molecule has 1 heterocycles. The van der Waals surface area contributed by atoms with E-state index in [1.54, 1.807) is 0 Å². The monoisotopic (exact) mass is 273 g/mol. The number of fused-ring (bicyclic) bond motifs is 1. The van der Waals surface area contributed by atoms with Gasteiger partial charge in [-0.3, -0.25) is 0 Å². The summed E-state index contributed by atoms with van der Waals surface area (Å²) < 4.78 is 5.86. The summed E-state index contributed by atoms with van der Waals surface area (Å²) >= 11 is 0. The van der Waals surface area contributed by atoms with Gasteiger partial charge in [-0.05, 0) is 37.0 Å². The molecule has 1 aliphatic heterocycles. The lowest BCUT2D eigenvalue weighted by Gasteiger charge is -2.55. The van der Waals surface area contributed by atoms with Crippen molar-refractivity contribution in [2.24, 2.45) is 11.3 Å². The molecule has 0 spiro atoms.